The summed E-state index contributed by atoms with van der Waals surface area (Å²) in [4.78, 5) is 16.5. The Labute approximate surface area is 122 Å². The Bertz CT molecular complexity index is 777. The van der Waals surface area contributed by atoms with Gasteiger partial charge in [0, 0.05) is 17.1 Å². The molecule has 2 aromatic carbocycles. The van der Waals surface area contributed by atoms with Gasteiger partial charge in [-0.25, -0.2) is 4.98 Å². The Morgan fingerprint density at radius 2 is 1.81 bits per heavy atom. The van der Waals surface area contributed by atoms with E-state index in [-0.39, 0.29) is 5.91 Å². The lowest BCUT2D eigenvalue weighted by molar-refractivity contribution is 0.102. The minimum atomic E-state index is -0.193. The van der Waals surface area contributed by atoms with Crippen molar-refractivity contribution in [2.24, 2.45) is 0 Å². The van der Waals surface area contributed by atoms with E-state index in [1.165, 1.54) is 0 Å². The lowest BCUT2D eigenvalue weighted by atomic mass is 10.1. The first-order valence-corrected chi connectivity index (χ1v) is 6.57. The largest absolute Gasteiger partial charge is 0.497 e. The number of nitrogens with one attached hydrogen (secondary N) is 1. The fourth-order valence-electron chi connectivity index (χ4n) is 2.14. The molecule has 21 heavy (non-hydrogen) atoms. The van der Waals surface area contributed by atoms with Gasteiger partial charge in [0.15, 0.2) is 0 Å². The third-order valence-electron chi connectivity index (χ3n) is 3.26. The Kier molecular flexibility index (Phi) is 3.51. The van der Waals surface area contributed by atoms with Gasteiger partial charge >= 0.3 is 0 Å². The SMILES string of the molecule is COc1ccc(C(=O)Nc2nccc3ccccc23)cc1. The molecular formula is C17H14N2O2. The molecule has 0 radical (unpaired) electrons. The van der Waals surface area contributed by atoms with Gasteiger partial charge in [-0.15, -0.1) is 0 Å². The van der Waals surface area contributed by atoms with Crippen LogP contribution in [-0.2, 0) is 0 Å². The maximum atomic E-state index is 12.3. The van der Waals surface area contributed by atoms with E-state index in [0.717, 1.165) is 16.5 Å². The third-order valence-corrected chi connectivity index (χ3v) is 3.26. The standard InChI is InChI=1S/C17H14N2O2/c1-21-14-8-6-13(7-9-14)17(20)19-16-15-5-3-2-4-12(15)10-11-18-16/h2-11H,1H3,(H,18,19,20). The highest BCUT2D eigenvalue weighted by molar-refractivity contribution is 6.08. The number of nitrogens with zero attached hydrogens (tertiary/aromatic N) is 1. The number of rotatable bonds is 3. The first kappa shape index (κ1) is 13.1. The highest BCUT2D eigenvalue weighted by atomic mass is 16.5. The summed E-state index contributed by atoms with van der Waals surface area (Å²) >= 11 is 0. The number of aromatic nitrogens is 1. The smallest absolute Gasteiger partial charge is 0.256 e. The third kappa shape index (κ3) is 2.69. The molecule has 0 fully saturated rings. The fourth-order valence-corrected chi connectivity index (χ4v) is 2.14. The van der Waals surface area contributed by atoms with Crippen molar-refractivity contribution >= 4 is 22.5 Å². The first-order chi connectivity index (χ1) is 10.3. The van der Waals surface area contributed by atoms with Gasteiger partial charge in [0.25, 0.3) is 5.91 Å². The highest BCUT2D eigenvalue weighted by Gasteiger charge is 2.09. The molecule has 0 unspecified atom stereocenters. The van der Waals surface area contributed by atoms with Gasteiger partial charge in [-0.1, -0.05) is 24.3 Å². The van der Waals surface area contributed by atoms with Crippen LogP contribution in [-0.4, -0.2) is 18.0 Å². The topological polar surface area (TPSA) is 51.2 Å². The molecule has 0 saturated carbocycles. The minimum Gasteiger partial charge on any atom is -0.497 e. The summed E-state index contributed by atoms with van der Waals surface area (Å²) in [6.07, 6.45) is 1.69. The Morgan fingerprint density at radius 1 is 1.05 bits per heavy atom. The number of hydrogen-bond donors (Lipinski definition) is 1. The van der Waals surface area contributed by atoms with Crippen molar-refractivity contribution in [3.8, 4) is 5.75 Å². The molecular weight excluding hydrogens is 264 g/mol. The first-order valence-electron chi connectivity index (χ1n) is 6.57. The van der Waals surface area contributed by atoms with Crippen molar-refractivity contribution in [2.75, 3.05) is 12.4 Å². The molecule has 0 spiro atoms. The average Bonchev–Trinajstić information content (AvgIpc) is 2.55. The molecule has 1 amide bonds. The van der Waals surface area contributed by atoms with E-state index in [9.17, 15) is 4.79 Å². The Hall–Kier alpha value is -2.88. The van der Waals surface area contributed by atoms with Crippen LogP contribution in [0, 0.1) is 0 Å². The number of carbonyl (C=O) groups excluding carboxylic acids is 1. The molecule has 0 saturated heterocycles. The van der Waals surface area contributed by atoms with E-state index in [2.05, 4.69) is 10.3 Å². The molecule has 0 atom stereocenters. The van der Waals surface area contributed by atoms with E-state index < -0.39 is 0 Å². The van der Waals surface area contributed by atoms with Crippen molar-refractivity contribution in [3.63, 3.8) is 0 Å². The quantitative estimate of drug-likeness (QED) is 0.797. The second-order valence-electron chi connectivity index (χ2n) is 4.56. The summed E-state index contributed by atoms with van der Waals surface area (Å²) in [5.74, 6) is 1.09. The van der Waals surface area contributed by atoms with Crippen LogP contribution >= 0.6 is 0 Å². The van der Waals surface area contributed by atoms with Crippen LogP contribution < -0.4 is 10.1 Å². The number of fused-ring (bicyclic) bond motifs is 1. The number of amides is 1. The molecule has 0 bridgehead atoms. The molecule has 0 aliphatic rings. The number of carbonyl (C=O) groups is 1. The summed E-state index contributed by atoms with van der Waals surface area (Å²) in [6, 6.07) is 16.7. The number of methoxy groups -OCH3 is 1. The van der Waals surface area contributed by atoms with Gasteiger partial charge in [-0.2, -0.15) is 0 Å². The second kappa shape index (κ2) is 5.63. The van der Waals surface area contributed by atoms with Crippen molar-refractivity contribution in [3.05, 3.63) is 66.4 Å². The summed E-state index contributed by atoms with van der Waals surface area (Å²) in [7, 11) is 1.59. The minimum absolute atomic E-state index is 0.193. The van der Waals surface area contributed by atoms with Crippen molar-refractivity contribution in [1.82, 2.24) is 4.98 Å². The number of pyridine rings is 1. The van der Waals surface area contributed by atoms with Gasteiger partial charge < -0.3 is 10.1 Å². The average molecular weight is 278 g/mol. The van der Waals surface area contributed by atoms with Crippen molar-refractivity contribution < 1.29 is 9.53 Å². The van der Waals surface area contributed by atoms with Crippen LogP contribution in [0.25, 0.3) is 10.8 Å². The maximum absolute atomic E-state index is 12.3. The molecule has 1 heterocycles. The molecule has 4 nitrogen and oxygen atoms in total. The zero-order valence-corrected chi connectivity index (χ0v) is 11.5. The predicted molar refractivity (Wildman–Crippen MR) is 82.7 cm³/mol. The van der Waals surface area contributed by atoms with E-state index in [1.54, 1.807) is 37.6 Å². The summed E-state index contributed by atoms with van der Waals surface area (Å²) in [5.41, 5.74) is 0.561. The van der Waals surface area contributed by atoms with Gasteiger partial charge in [0.2, 0.25) is 0 Å². The summed E-state index contributed by atoms with van der Waals surface area (Å²) in [5, 5.41) is 4.81. The van der Waals surface area contributed by atoms with Crippen LogP contribution in [0.2, 0.25) is 0 Å². The van der Waals surface area contributed by atoms with Crippen molar-refractivity contribution in [1.29, 1.82) is 0 Å². The number of hydrogen-bond acceptors (Lipinski definition) is 3. The normalized spacial score (nSPS) is 10.3. The van der Waals surface area contributed by atoms with Crippen LogP contribution in [0.5, 0.6) is 5.75 Å². The fraction of sp³-hybridized carbons (Fsp3) is 0.0588. The molecule has 3 rings (SSSR count). The van der Waals surface area contributed by atoms with Gasteiger partial charge in [0.05, 0.1) is 7.11 Å². The van der Waals surface area contributed by atoms with Crippen LogP contribution in [0.4, 0.5) is 5.82 Å². The van der Waals surface area contributed by atoms with Crippen molar-refractivity contribution in [2.45, 2.75) is 0 Å². The summed E-state index contributed by atoms with van der Waals surface area (Å²) in [6.45, 7) is 0. The van der Waals surface area contributed by atoms with E-state index >= 15 is 0 Å². The number of anilines is 1. The number of ether oxygens (including phenoxy) is 1. The van der Waals surface area contributed by atoms with E-state index in [4.69, 9.17) is 4.74 Å². The molecule has 3 aromatic rings. The van der Waals surface area contributed by atoms with Crippen LogP contribution in [0.3, 0.4) is 0 Å². The van der Waals surface area contributed by atoms with Gasteiger partial charge in [0.1, 0.15) is 11.6 Å². The van der Waals surface area contributed by atoms with Crippen LogP contribution in [0.1, 0.15) is 10.4 Å². The van der Waals surface area contributed by atoms with Crippen LogP contribution in [0.15, 0.2) is 60.8 Å². The lowest BCUT2D eigenvalue weighted by Gasteiger charge is -2.08. The maximum Gasteiger partial charge on any atom is 0.256 e. The molecule has 1 N–H and O–H groups in total. The molecule has 4 heteroatoms. The monoisotopic (exact) mass is 278 g/mol. The van der Waals surface area contributed by atoms with E-state index in [0.29, 0.717) is 11.4 Å². The lowest BCUT2D eigenvalue weighted by Crippen LogP contribution is -2.13. The second-order valence-corrected chi connectivity index (χ2v) is 4.56. The predicted octanol–water partition coefficient (Wildman–Crippen LogP) is 3.50. The van der Waals surface area contributed by atoms with Gasteiger partial charge in [-0.3, -0.25) is 4.79 Å². The molecule has 0 aliphatic carbocycles. The zero-order valence-electron chi connectivity index (χ0n) is 11.5. The highest BCUT2D eigenvalue weighted by Crippen LogP contribution is 2.21. The number of benzene rings is 2. The van der Waals surface area contributed by atoms with Gasteiger partial charge in [-0.05, 0) is 35.7 Å². The molecule has 104 valence electrons. The molecule has 1 aromatic heterocycles. The van der Waals surface area contributed by atoms with E-state index in [1.807, 2.05) is 30.3 Å². The molecule has 0 aliphatic heterocycles. The zero-order chi connectivity index (χ0) is 14.7. The summed E-state index contributed by atoms with van der Waals surface area (Å²) < 4.78 is 5.08. The Balaban J connectivity index is 1.89. The Morgan fingerprint density at radius 3 is 2.57 bits per heavy atom.